The van der Waals surface area contributed by atoms with E-state index in [2.05, 4.69) is 6.92 Å². The summed E-state index contributed by atoms with van der Waals surface area (Å²) in [6, 6.07) is 25.6. The van der Waals surface area contributed by atoms with Crippen molar-refractivity contribution in [2.75, 3.05) is 14.2 Å². The molecule has 0 aliphatic carbocycles. The maximum Gasteiger partial charge on any atom is 0.210 e. The molecule has 0 aliphatic rings. The number of nitrogens with zero attached hydrogens (tertiary/aromatic N) is 2. The fourth-order valence-electron chi connectivity index (χ4n) is 3.66. The van der Waals surface area contributed by atoms with E-state index in [0.29, 0.717) is 5.13 Å². The SMILES string of the molecule is COc1ccc(-c2c/c(=N\c3nc(-c4ccc(OC)cc4)c(C)s3)c3ccccc3o2)cc1. The summed E-state index contributed by atoms with van der Waals surface area (Å²) in [5.74, 6) is 2.36. The molecule has 0 saturated carbocycles. The predicted octanol–water partition coefficient (Wildman–Crippen LogP) is 6.78. The smallest absolute Gasteiger partial charge is 0.210 e. The second kappa shape index (κ2) is 8.92. The van der Waals surface area contributed by atoms with Crippen molar-refractivity contribution in [2.24, 2.45) is 4.99 Å². The normalized spacial score (nSPS) is 11.7. The number of thiazole rings is 1. The van der Waals surface area contributed by atoms with Gasteiger partial charge in [-0.1, -0.05) is 23.5 Å². The van der Waals surface area contributed by atoms with E-state index in [-0.39, 0.29) is 0 Å². The van der Waals surface area contributed by atoms with Crippen LogP contribution in [0.25, 0.3) is 33.6 Å². The van der Waals surface area contributed by atoms with Gasteiger partial charge in [-0.25, -0.2) is 9.98 Å². The average Bonchev–Trinajstić information content (AvgIpc) is 3.23. The van der Waals surface area contributed by atoms with Crippen LogP contribution in [0.5, 0.6) is 11.5 Å². The van der Waals surface area contributed by atoms with Crippen LogP contribution >= 0.6 is 11.3 Å². The molecule has 2 heterocycles. The van der Waals surface area contributed by atoms with Crippen LogP contribution in [-0.2, 0) is 0 Å². The molecule has 6 heteroatoms. The Hall–Kier alpha value is -3.90. The molecule has 33 heavy (non-hydrogen) atoms. The maximum absolute atomic E-state index is 6.19. The number of fused-ring (bicyclic) bond motifs is 1. The van der Waals surface area contributed by atoms with Gasteiger partial charge in [0.2, 0.25) is 5.13 Å². The molecule has 0 atom stereocenters. The maximum atomic E-state index is 6.19. The molecule has 0 aliphatic heterocycles. The first-order valence-electron chi connectivity index (χ1n) is 10.5. The second-order valence-corrected chi connectivity index (χ2v) is 8.64. The Morgan fingerprint density at radius 3 is 2.12 bits per heavy atom. The molecule has 5 rings (SSSR count). The third-order valence-electron chi connectivity index (χ3n) is 5.39. The first kappa shape index (κ1) is 21.0. The monoisotopic (exact) mass is 454 g/mol. The van der Waals surface area contributed by atoms with Crippen molar-refractivity contribution in [3.63, 3.8) is 0 Å². The highest BCUT2D eigenvalue weighted by Crippen LogP contribution is 2.33. The van der Waals surface area contributed by atoms with Gasteiger partial charge in [0, 0.05) is 27.5 Å². The zero-order chi connectivity index (χ0) is 22.8. The lowest BCUT2D eigenvalue weighted by molar-refractivity contribution is 0.414. The van der Waals surface area contributed by atoms with Crippen LogP contribution in [0.3, 0.4) is 0 Å². The van der Waals surface area contributed by atoms with Gasteiger partial charge in [0.15, 0.2) is 0 Å². The minimum absolute atomic E-state index is 0.704. The number of hydrogen-bond donors (Lipinski definition) is 0. The van der Waals surface area contributed by atoms with Gasteiger partial charge in [-0.05, 0) is 67.6 Å². The highest BCUT2D eigenvalue weighted by Gasteiger charge is 2.11. The largest absolute Gasteiger partial charge is 0.497 e. The van der Waals surface area contributed by atoms with Crippen LogP contribution in [-0.4, -0.2) is 19.2 Å². The molecule has 0 radical (unpaired) electrons. The summed E-state index contributed by atoms with van der Waals surface area (Å²) < 4.78 is 16.7. The molecule has 0 saturated heterocycles. The molecule has 5 aromatic rings. The minimum Gasteiger partial charge on any atom is -0.497 e. The van der Waals surface area contributed by atoms with E-state index in [4.69, 9.17) is 23.9 Å². The molecular weight excluding hydrogens is 432 g/mol. The second-order valence-electron chi connectivity index (χ2n) is 7.46. The molecule has 0 fully saturated rings. The lowest BCUT2D eigenvalue weighted by atomic mass is 10.1. The molecular formula is C27H22N2O3S. The van der Waals surface area contributed by atoms with Gasteiger partial charge in [-0.3, -0.25) is 0 Å². The molecule has 5 nitrogen and oxygen atoms in total. The van der Waals surface area contributed by atoms with Crippen molar-refractivity contribution in [3.8, 4) is 34.1 Å². The fourth-order valence-corrected chi connectivity index (χ4v) is 4.47. The molecule has 0 N–H and O–H groups in total. The minimum atomic E-state index is 0.704. The van der Waals surface area contributed by atoms with Crippen molar-refractivity contribution >= 4 is 27.4 Å². The van der Waals surface area contributed by atoms with Gasteiger partial charge in [-0.15, -0.1) is 0 Å². The molecule has 3 aromatic carbocycles. The topological polar surface area (TPSA) is 56.9 Å². The molecule has 0 unspecified atom stereocenters. The first-order chi connectivity index (χ1) is 16.1. The summed E-state index contributed by atoms with van der Waals surface area (Å²) in [4.78, 5) is 10.9. The fraction of sp³-hybridized carbons (Fsp3) is 0.111. The number of aryl methyl sites for hydroxylation is 1. The van der Waals surface area contributed by atoms with Crippen molar-refractivity contribution in [1.82, 2.24) is 4.98 Å². The van der Waals surface area contributed by atoms with Crippen molar-refractivity contribution < 1.29 is 13.9 Å². The highest BCUT2D eigenvalue weighted by molar-refractivity contribution is 7.15. The van der Waals surface area contributed by atoms with E-state index in [1.54, 1.807) is 25.6 Å². The van der Waals surface area contributed by atoms with Gasteiger partial charge in [-0.2, -0.15) is 0 Å². The summed E-state index contributed by atoms with van der Waals surface area (Å²) >= 11 is 1.57. The Balaban J connectivity index is 1.62. The van der Waals surface area contributed by atoms with Crippen molar-refractivity contribution in [1.29, 1.82) is 0 Å². The third-order valence-corrected chi connectivity index (χ3v) is 6.25. The first-order valence-corrected chi connectivity index (χ1v) is 11.3. The molecule has 164 valence electrons. The summed E-state index contributed by atoms with van der Waals surface area (Å²) in [5.41, 5.74) is 3.69. The molecule has 0 bridgehead atoms. The predicted molar refractivity (Wildman–Crippen MR) is 132 cm³/mol. The van der Waals surface area contributed by atoms with Crippen LogP contribution in [0.1, 0.15) is 4.88 Å². The van der Waals surface area contributed by atoms with Gasteiger partial charge in [0.25, 0.3) is 0 Å². The number of hydrogen-bond acceptors (Lipinski definition) is 6. The summed E-state index contributed by atoms with van der Waals surface area (Å²) in [5, 5.41) is 2.46. The van der Waals surface area contributed by atoms with E-state index in [9.17, 15) is 0 Å². The third kappa shape index (κ3) is 4.25. The van der Waals surface area contributed by atoms with E-state index >= 15 is 0 Å². The van der Waals surface area contributed by atoms with Gasteiger partial charge < -0.3 is 13.9 Å². The Kier molecular flexibility index (Phi) is 5.67. The van der Waals surface area contributed by atoms with E-state index in [1.807, 2.05) is 78.9 Å². The van der Waals surface area contributed by atoms with E-state index in [0.717, 1.165) is 55.3 Å². The Bertz CT molecular complexity index is 1480. The summed E-state index contributed by atoms with van der Waals surface area (Å²) in [6.07, 6.45) is 0. The van der Waals surface area contributed by atoms with Crippen LogP contribution in [0.2, 0.25) is 0 Å². The molecule has 2 aromatic heterocycles. The standard InChI is InChI=1S/C27H22N2O3S/c1-17-26(19-10-14-21(31-3)15-11-19)29-27(33-17)28-23-16-25(18-8-12-20(30-2)13-9-18)32-24-7-5-4-6-22(23)24/h4-16H,1-3H3/b28-23+. The van der Waals surface area contributed by atoms with E-state index < -0.39 is 0 Å². The number of methoxy groups -OCH3 is 2. The Morgan fingerprint density at radius 1 is 0.818 bits per heavy atom. The lowest BCUT2D eigenvalue weighted by Gasteiger charge is -2.06. The van der Waals surface area contributed by atoms with Gasteiger partial charge >= 0.3 is 0 Å². The van der Waals surface area contributed by atoms with Gasteiger partial charge in [0.05, 0.1) is 25.3 Å². The molecule has 0 amide bonds. The zero-order valence-corrected chi connectivity index (χ0v) is 19.3. The summed E-state index contributed by atoms with van der Waals surface area (Å²) in [6.45, 7) is 2.07. The number of benzene rings is 3. The number of rotatable bonds is 5. The molecule has 0 spiro atoms. The Morgan fingerprint density at radius 2 is 1.45 bits per heavy atom. The van der Waals surface area contributed by atoms with Crippen LogP contribution in [0, 0.1) is 6.92 Å². The number of para-hydroxylation sites is 1. The summed E-state index contributed by atoms with van der Waals surface area (Å²) in [7, 11) is 3.32. The van der Waals surface area contributed by atoms with Crippen LogP contribution in [0.4, 0.5) is 5.13 Å². The Labute approximate surface area is 195 Å². The highest BCUT2D eigenvalue weighted by atomic mass is 32.1. The zero-order valence-electron chi connectivity index (χ0n) is 18.5. The van der Waals surface area contributed by atoms with E-state index in [1.165, 1.54) is 0 Å². The number of aromatic nitrogens is 1. The van der Waals surface area contributed by atoms with Crippen LogP contribution in [0.15, 0.2) is 88.3 Å². The van der Waals surface area contributed by atoms with Gasteiger partial charge in [0.1, 0.15) is 22.8 Å². The average molecular weight is 455 g/mol. The van der Waals surface area contributed by atoms with Crippen molar-refractivity contribution in [3.05, 3.63) is 89.1 Å². The number of ether oxygens (including phenoxy) is 2. The van der Waals surface area contributed by atoms with Crippen LogP contribution < -0.4 is 14.8 Å². The lowest BCUT2D eigenvalue weighted by Crippen LogP contribution is -2.03. The quantitative estimate of drug-likeness (QED) is 0.294. The van der Waals surface area contributed by atoms with Crippen molar-refractivity contribution in [2.45, 2.75) is 6.92 Å².